The van der Waals surface area contributed by atoms with Crippen molar-refractivity contribution >= 4 is 0 Å². The molecule has 6 heteroatoms. The van der Waals surface area contributed by atoms with Gasteiger partial charge in [0.15, 0.2) is 0 Å². The fraction of sp³-hybridized carbons (Fsp3) is 0.786. The fourth-order valence-corrected chi connectivity index (χ4v) is 4.12. The second-order valence-corrected chi connectivity index (χ2v) is 9.14. The van der Waals surface area contributed by atoms with E-state index in [0.717, 1.165) is 44.6 Å². The molecule has 198 valence electrons. The summed E-state index contributed by atoms with van der Waals surface area (Å²) in [5.74, 6) is -1.20. The van der Waals surface area contributed by atoms with Gasteiger partial charge in [0.25, 0.3) is 5.97 Å². The summed E-state index contributed by atoms with van der Waals surface area (Å²) in [7, 11) is 0. The molecule has 1 aromatic carbocycles. The molecule has 1 atom stereocenters. The molecule has 0 radical (unpaired) electrons. The van der Waals surface area contributed by atoms with E-state index in [4.69, 9.17) is 14.2 Å². The van der Waals surface area contributed by atoms with Gasteiger partial charge in [0.05, 0.1) is 25.4 Å². The number of hydrogen-bond acceptors (Lipinski definition) is 3. The average Bonchev–Trinajstić information content (AvgIpc) is 2.82. The summed E-state index contributed by atoms with van der Waals surface area (Å²) in [4.78, 5) is 0. The summed E-state index contributed by atoms with van der Waals surface area (Å²) >= 11 is 0. The normalized spacial score (nSPS) is 13.4. The van der Waals surface area contributed by atoms with E-state index >= 15 is 0 Å². The van der Waals surface area contributed by atoms with E-state index < -0.39 is 17.7 Å². The van der Waals surface area contributed by atoms with E-state index in [1.165, 1.54) is 37.8 Å². The lowest BCUT2D eigenvalue weighted by Crippen LogP contribution is -2.47. The highest BCUT2D eigenvalue weighted by Crippen LogP contribution is 2.36. The molecule has 0 aliphatic rings. The van der Waals surface area contributed by atoms with Crippen LogP contribution < -0.4 is 0 Å². The van der Waals surface area contributed by atoms with Crippen molar-refractivity contribution in [2.24, 2.45) is 5.92 Å². The van der Waals surface area contributed by atoms with Crippen molar-refractivity contribution in [2.75, 3.05) is 19.8 Å². The summed E-state index contributed by atoms with van der Waals surface area (Å²) < 4.78 is 58.5. The first kappa shape index (κ1) is 30.9. The number of unbranched alkanes of at least 4 members (excludes halogenated alkanes) is 5. The predicted octanol–water partition coefficient (Wildman–Crippen LogP) is 8.94. The zero-order chi connectivity index (χ0) is 25.3. The third kappa shape index (κ3) is 11.5. The quantitative estimate of drug-likeness (QED) is 0.135. The summed E-state index contributed by atoms with van der Waals surface area (Å²) in [6.07, 6.45) is 7.26. The van der Waals surface area contributed by atoms with Crippen molar-refractivity contribution in [1.82, 2.24) is 0 Å². The number of rotatable bonds is 20. The van der Waals surface area contributed by atoms with Gasteiger partial charge in [-0.05, 0) is 50.2 Å². The van der Waals surface area contributed by atoms with Crippen molar-refractivity contribution in [1.29, 1.82) is 0 Å². The molecule has 0 aliphatic carbocycles. The van der Waals surface area contributed by atoms with Crippen LogP contribution in [-0.2, 0) is 26.8 Å². The first-order valence-corrected chi connectivity index (χ1v) is 13.4. The van der Waals surface area contributed by atoms with Gasteiger partial charge in [0.1, 0.15) is 0 Å². The molecule has 0 bridgehead atoms. The van der Waals surface area contributed by atoms with Crippen molar-refractivity contribution < 1.29 is 27.4 Å². The Labute approximate surface area is 205 Å². The van der Waals surface area contributed by atoms with Gasteiger partial charge in [-0.2, -0.15) is 13.2 Å². The van der Waals surface area contributed by atoms with E-state index in [1.807, 2.05) is 0 Å². The van der Waals surface area contributed by atoms with Crippen LogP contribution in [0.4, 0.5) is 13.2 Å². The molecule has 34 heavy (non-hydrogen) atoms. The molecule has 0 saturated carbocycles. The van der Waals surface area contributed by atoms with Gasteiger partial charge >= 0.3 is 6.18 Å². The van der Waals surface area contributed by atoms with Crippen LogP contribution in [0.3, 0.4) is 0 Å². The predicted molar refractivity (Wildman–Crippen MR) is 133 cm³/mol. The minimum absolute atomic E-state index is 0.0575. The maximum Gasteiger partial charge on any atom is 0.416 e. The second kappa shape index (κ2) is 17.3. The van der Waals surface area contributed by atoms with Gasteiger partial charge < -0.3 is 14.2 Å². The Hall–Kier alpha value is -1.11. The molecule has 0 aromatic heterocycles. The summed E-state index contributed by atoms with van der Waals surface area (Å²) in [6, 6.07) is 5.64. The highest BCUT2D eigenvalue weighted by Gasteiger charge is 2.42. The Morgan fingerprint density at radius 2 is 1.26 bits per heavy atom. The fourth-order valence-electron chi connectivity index (χ4n) is 4.12. The zero-order valence-electron chi connectivity index (χ0n) is 21.9. The van der Waals surface area contributed by atoms with Gasteiger partial charge in [-0.1, -0.05) is 84.4 Å². The average molecular weight is 489 g/mol. The van der Waals surface area contributed by atoms with E-state index in [-0.39, 0.29) is 5.92 Å². The van der Waals surface area contributed by atoms with Crippen LogP contribution >= 0.6 is 0 Å². The monoisotopic (exact) mass is 488 g/mol. The van der Waals surface area contributed by atoms with Gasteiger partial charge in [-0.25, -0.2) is 0 Å². The molecule has 0 N–H and O–H groups in total. The maximum atomic E-state index is 13.2. The molecule has 0 aliphatic heterocycles. The van der Waals surface area contributed by atoms with Gasteiger partial charge in [0.2, 0.25) is 0 Å². The van der Waals surface area contributed by atoms with E-state index in [0.29, 0.717) is 38.2 Å². The third-order valence-electron chi connectivity index (χ3n) is 5.96. The van der Waals surface area contributed by atoms with Gasteiger partial charge in [-0.15, -0.1) is 0 Å². The Bertz CT molecular complexity index is 612. The Balaban J connectivity index is 3.07. The van der Waals surface area contributed by atoms with Gasteiger partial charge in [-0.3, -0.25) is 0 Å². The molecular weight excluding hydrogens is 441 g/mol. The van der Waals surface area contributed by atoms with Crippen molar-refractivity contribution in [3.63, 3.8) is 0 Å². The third-order valence-corrected chi connectivity index (χ3v) is 5.96. The molecule has 1 rings (SSSR count). The highest BCUT2D eigenvalue weighted by atomic mass is 19.4. The van der Waals surface area contributed by atoms with Gasteiger partial charge in [0, 0.05) is 5.92 Å². The number of halogens is 3. The molecule has 0 saturated heterocycles. The van der Waals surface area contributed by atoms with Crippen molar-refractivity contribution in [3.8, 4) is 0 Å². The SMILES string of the molecule is CCCCCCCCC(CCc1cccc(C(F)(F)F)c1)C(OCCC)(OCCC)OCCC. The highest BCUT2D eigenvalue weighted by molar-refractivity contribution is 5.25. The molecule has 0 amide bonds. The first-order valence-electron chi connectivity index (χ1n) is 13.4. The Morgan fingerprint density at radius 1 is 0.706 bits per heavy atom. The van der Waals surface area contributed by atoms with Crippen LogP contribution in [0, 0.1) is 5.92 Å². The minimum atomic E-state index is -4.34. The summed E-state index contributed by atoms with van der Waals surface area (Å²) in [5.41, 5.74) is 0.0774. The molecule has 1 unspecified atom stereocenters. The lowest BCUT2D eigenvalue weighted by molar-refractivity contribution is -0.406. The molecular formula is C28H47F3O3. The number of benzene rings is 1. The van der Waals surface area contributed by atoms with Crippen LogP contribution in [0.15, 0.2) is 24.3 Å². The van der Waals surface area contributed by atoms with Crippen LogP contribution in [0.1, 0.15) is 109 Å². The summed E-state index contributed by atoms with van der Waals surface area (Å²) in [6.45, 7) is 9.92. The zero-order valence-corrected chi connectivity index (χ0v) is 21.9. The second-order valence-electron chi connectivity index (χ2n) is 9.14. The number of ether oxygens (including phenoxy) is 3. The minimum Gasteiger partial charge on any atom is -0.327 e. The topological polar surface area (TPSA) is 27.7 Å². The van der Waals surface area contributed by atoms with Crippen LogP contribution in [-0.4, -0.2) is 25.8 Å². The largest absolute Gasteiger partial charge is 0.416 e. The number of hydrogen-bond donors (Lipinski definition) is 0. The Morgan fingerprint density at radius 3 is 1.79 bits per heavy atom. The maximum absolute atomic E-state index is 13.2. The molecule has 0 spiro atoms. The lowest BCUT2D eigenvalue weighted by atomic mass is 9.90. The van der Waals surface area contributed by atoms with E-state index in [9.17, 15) is 13.2 Å². The van der Waals surface area contributed by atoms with E-state index in [1.54, 1.807) is 6.07 Å². The van der Waals surface area contributed by atoms with Crippen LogP contribution in [0.2, 0.25) is 0 Å². The van der Waals surface area contributed by atoms with Crippen LogP contribution in [0.25, 0.3) is 0 Å². The smallest absolute Gasteiger partial charge is 0.327 e. The molecule has 3 nitrogen and oxygen atoms in total. The molecule has 0 fully saturated rings. The van der Waals surface area contributed by atoms with Crippen molar-refractivity contribution in [2.45, 2.75) is 117 Å². The number of alkyl halides is 3. The summed E-state index contributed by atoms with van der Waals surface area (Å²) in [5, 5.41) is 0. The van der Waals surface area contributed by atoms with E-state index in [2.05, 4.69) is 27.7 Å². The van der Waals surface area contributed by atoms with Crippen LogP contribution in [0.5, 0.6) is 0 Å². The Kier molecular flexibility index (Phi) is 15.8. The first-order chi connectivity index (χ1) is 16.3. The molecule has 1 aromatic rings. The molecule has 0 heterocycles. The standard InChI is InChI=1S/C28H47F3O3/c1-5-9-10-11-12-13-16-25(19-18-24-15-14-17-26(23-24)27(29,30)31)28(32-20-6-2,33-21-7-3)34-22-8-4/h14-15,17,23,25H,5-13,16,18-22H2,1-4H3. The lowest BCUT2D eigenvalue weighted by Gasteiger charge is -2.40. The number of aryl methyl sites for hydroxylation is 1. The van der Waals surface area contributed by atoms with Crippen molar-refractivity contribution in [3.05, 3.63) is 35.4 Å².